The lowest BCUT2D eigenvalue weighted by Gasteiger charge is -2.30. The highest BCUT2D eigenvalue weighted by Gasteiger charge is 2.50. The molecule has 0 spiro atoms. The Kier molecular flexibility index (Phi) is 18.0. The maximum absolute atomic E-state index is 12.9. The number of phenolic OH excluding ortho intramolecular Hbond substituents is 2. The summed E-state index contributed by atoms with van der Waals surface area (Å²) in [5, 5.41) is 47.5. The topological polar surface area (TPSA) is 438 Å². The average molecular weight is 1050 g/mol. The van der Waals surface area contributed by atoms with Crippen molar-refractivity contribution >= 4 is 91.5 Å². The number of ketones is 2. The molecule has 0 aliphatic carbocycles. The first-order chi connectivity index (χ1) is 32.1. The molecule has 0 radical (unpaired) electrons. The van der Waals surface area contributed by atoms with Gasteiger partial charge in [-0.25, -0.2) is 28.6 Å². The van der Waals surface area contributed by atoms with Crippen molar-refractivity contribution in [3.8, 4) is 11.5 Å². The fourth-order valence-corrected chi connectivity index (χ4v) is 10.3. The van der Waals surface area contributed by atoms with E-state index in [2.05, 4.69) is 34.4 Å². The van der Waals surface area contributed by atoms with Crippen molar-refractivity contribution in [1.29, 1.82) is 0 Å². The molecule has 1 aliphatic rings. The number of thioether (sulfide) groups is 1. The summed E-state index contributed by atoms with van der Waals surface area (Å²) in [6.45, 7) is 1.17. The second kappa shape index (κ2) is 22.5. The van der Waals surface area contributed by atoms with Crippen LogP contribution in [0.2, 0.25) is 0 Å². The van der Waals surface area contributed by atoms with Crippen molar-refractivity contribution in [3.63, 3.8) is 0 Å². The number of Topliss-reactive ketones (excluding diaryl/α,β-unsaturated/α-hetero) is 2. The molecule has 7 atom stereocenters. The predicted molar refractivity (Wildman–Crippen MR) is 238 cm³/mol. The number of imidazole rings is 1. The number of ether oxygens (including phenoxy) is 1. The van der Waals surface area contributed by atoms with Gasteiger partial charge in [-0.1, -0.05) is 37.7 Å². The first-order valence-electron chi connectivity index (χ1n) is 20.1. The summed E-state index contributed by atoms with van der Waals surface area (Å²) in [4.78, 5) is 114. The summed E-state index contributed by atoms with van der Waals surface area (Å²) in [7, 11) is -16.6. The number of nitrogen functional groups attached to an aromatic ring is 1. The maximum Gasteiger partial charge on any atom is 0.481 e. The van der Waals surface area contributed by atoms with Crippen LogP contribution in [0, 0.1) is 5.41 Å². The molecule has 2 amide bonds. The fraction of sp³-hybridized carbons (Fsp3) is 0.459. The zero-order valence-corrected chi connectivity index (χ0v) is 40.0. The van der Waals surface area contributed by atoms with Gasteiger partial charge in [-0.3, -0.25) is 42.1 Å². The van der Waals surface area contributed by atoms with Crippen LogP contribution in [-0.2, 0) is 61.9 Å². The van der Waals surface area contributed by atoms with E-state index in [1.165, 1.54) is 39.0 Å². The predicted octanol–water partition coefficient (Wildman–Crippen LogP) is 0.634. The van der Waals surface area contributed by atoms with Crippen LogP contribution in [-0.4, -0.2) is 144 Å². The lowest BCUT2D eigenvalue weighted by molar-refractivity contribution is -0.137. The highest BCUT2D eigenvalue weighted by atomic mass is 32.2. The molecular formula is C37H48N7O21P3S. The van der Waals surface area contributed by atoms with Crippen LogP contribution in [0.15, 0.2) is 36.9 Å². The van der Waals surface area contributed by atoms with E-state index in [4.69, 9.17) is 19.5 Å². The molecule has 1 aliphatic heterocycles. The lowest BCUT2D eigenvalue weighted by atomic mass is 9.87. The molecule has 0 bridgehead atoms. The van der Waals surface area contributed by atoms with Gasteiger partial charge < -0.3 is 61.1 Å². The number of carbonyl (C=O) groups excluding carboxylic acids is 5. The summed E-state index contributed by atoms with van der Waals surface area (Å²) >= 11 is 0.805. The van der Waals surface area contributed by atoms with E-state index in [9.17, 15) is 77.7 Å². The third-order valence-corrected chi connectivity index (χ3v) is 14.0. The van der Waals surface area contributed by atoms with E-state index >= 15 is 0 Å². The van der Waals surface area contributed by atoms with Crippen LogP contribution in [0.1, 0.15) is 55.8 Å². The standard InChI is InChI=1S/C37H48N7O21P3S/c1-18(45)11-22(47)27-20(12-19-5-4-6-21(46)26(19)29(27)50)13-25(49)69-10-9-39-24(48)7-8-40-35(53)32(52)37(2,3)15-62-68(59,60)65-67(57,58)61-14-23-31(64-66(54,55)56)30(51)36(63-23)44-17-43-28-33(38)41-16-42-34(28)44/h4-6,12,16-17,23,30-32,36,46,50-52H,7-11,13-15H2,1-3H3,(H,39,48)(H,40,53)(H,57,58)(H,59,60)(H2,38,41,42)(H2,54,55,56)/t23-,30-,31-,32-,36-/m1/s1. The molecule has 3 heterocycles. The van der Waals surface area contributed by atoms with Gasteiger partial charge in [-0.2, -0.15) is 4.31 Å². The number of phenols is 2. The molecule has 378 valence electrons. The molecule has 32 heteroatoms. The largest absolute Gasteiger partial charge is 0.507 e. The van der Waals surface area contributed by atoms with Crippen LogP contribution >= 0.6 is 35.2 Å². The van der Waals surface area contributed by atoms with Gasteiger partial charge in [0, 0.05) is 37.1 Å². The van der Waals surface area contributed by atoms with Gasteiger partial charge in [-0.05, 0) is 30.0 Å². The number of phosphoric ester groups is 3. The SMILES string of the molecule is CC(=O)CC(=O)c1c(CC(=O)SCCNC(=O)CCNC(=O)[C@@H](O)C(C)(C)COP(=O)(O)OP(=O)(O)OC[C@H]2O[C@@H](n3cnc4c(N)ncnc43)[C@H](O)[C@@H]2OP(=O)(O)O)cc2cccc(O)c2c1O. The normalized spacial score (nSPS) is 19.7. The number of nitrogens with zero attached hydrogens (tertiary/aromatic N) is 4. The minimum Gasteiger partial charge on any atom is -0.507 e. The second-order valence-electron chi connectivity index (χ2n) is 15.9. The van der Waals surface area contributed by atoms with Crippen molar-refractivity contribution in [2.45, 2.75) is 70.7 Å². The van der Waals surface area contributed by atoms with Gasteiger partial charge in [0.25, 0.3) is 0 Å². The Balaban J connectivity index is 1.05. The smallest absolute Gasteiger partial charge is 0.481 e. The van der Waals surface area contributed by atoms with E-state index in [-0.39, 0.29) is 70.9 Å². The highest BCUT2D eigenvalue weighted by molar-refractivity contribution is 8.13. The van der Waals surface area contributed by atoms with Gasteiger partial charge in [0.1, 0.15) is 53.5 Å². The van der Waals surface area contributed by atoms with E-state index in [1.54, 1.807) is 6.07 Å². The van der Waals surface area contributed by atoms with Crippen LogP contribution in [0.25, 0.3) is 21.9 Å². The summed E-state index contributed by atoms with van der Waals surface area (Å²) < 4.78 is 62.4. The Morgan fingerprint density at radius 1 is 1.00 bits per heavy atom. The average Bonchev–Trinajstić information content (AvgIpc) is 3.80. The van der Waals surface area contributed by atoms with Crippen molar-refractivity contribution in [2.75, 3.05) is 37.8 Å². The number of aliphatic hydroxyl groups excluding tert-OH is 2. The quantitative estimate of drug-likeness (QED) is 0.0198. The number of nitrogens with two attached hydrogens (primary N) is 1. The first kappa shape index (κ1) is 55.1. The Bertz CT molecular complexity index is 2760. The number of carbonyl (C=O) groups is 5. The van der Waals surface area contributed by atoms with Crippen molar-refractivity contribution in [1.82, 2.24) is 30.2 Å². The first-order valence-corrected chi connectivity index (χ1v) is 25.6. The summed E-state index contributed by atoms with van der Waals surface area (Å²) in [6.07, 6.45) is -8.17. The summed E-state index contributed by atoms with van der Waals surface area (Å²) in [6, 6.07) is 5.83. The zero-order valence-electron chi connectivity index (χ0n) is 36.5. The maximum atomic E-state index is 12.9. The molecule has 4 aromatic rings. The van der Waals surface area contributed by atoms with Gasteiger partial charge in [0.05, 0.1) is 36.9 Å². The third-order valence-electron chi connectivity index (χ3n) is 9.99. The van der Waals surface area contributed by atoms with Crippen LogP contribution in [0.3, 0.4) is 0 Å². The van der Waals surface area contributed by atoms with Crippen molar-refractivity contribution in [3.05, 3.63) is 48.0 Å². The van der Waals surface area contributed by atoms with Crippen molar-refractivity contribution in [2.24, 2.45) is 5.41 Å². The molecule has 1 fully saturated rings. The zero-order chi connectivity index (χ0) is 51.2. The number of hydrogen-bond acceptors (Lipinski definition) is 22. The van der Waals surface area contributed by atoms with Gasteiger partial charge in [-0.15, -0.1) is 0 Å². The lowest BCUT2D eigenvalue weighted by Crippen LogP contribution is -2.46. The summed E-state index contributed by atoms with van der Waals surface area (Å²) in [5.41, 5.74) is 4.02. The highest BCUT2D eigenvalue weighted by Crippen LogP contribution is 2.61. The molecule has 1 saturated heterocycles. The molecule has 28 nitrogen and oxygen atoms in total. The van der Waals surface area contributed by atoms with Crippen LogP contribution < -0.4 is 16.4 Å². The molecular weight excluding hydrogens is 1000 g/mol. The van der Waals surface area contributed by atoms with E-state index in [0.29, 0.717) is 5.39 Å². The number of amides is 2. The Morgan fingerprint density at radius 3 is 2.38 bits per heavy atom. The molecule has 0 saturated carbocycles. The minimum absolute atomic E-state index is 0.00851. The van der Waals surface area contributed by atoms with E-state index in [1.807, 2.05) is 0 Å². The Hall–Kier alpha value is -4.80. The molecule has 12 N–H and O–H groups in total. The monoisotopic (exact) mass is 1050 g/mol. The molecule has 69 heavy (non-hydrogen) atoms. The van der Waals surface area contributed by atoms with E-state index in [0.717, 1.165) is 29.0 Å². The number of aliphatic hydroxyl groups is 2. The molecule has 2 aromatic carbocycles. The van der Waals surface area contributed by atoms with E-state index < -0.39 is 113 Å². The fourth-order valence-electron chi connectivity index (χ4n) is 6.74. The Morgan fingerprint density at radius 2 is 1.70 bits per heavy atom. The number of hydrogen-bond donors (Lipinski definition) is 11. The number of fused-ring (bicyclic) bond motifs is 2. The van der Waals surface area contributed by atoms with Crippen LogP contribution in [0.5, 0.6) is 11.5 Å². The van der Waals surface area contributed by atoms with Gasteiger partial charge in [0.2, 0.25) is 11.8 Å². The number of nitrogens with one attached hydrogen (secondary N) is 2. The number of rotatable bonds is 24. The minimum atomic E-state index is -5.63. The number of aromatic hydroxyl groups is 2. The third kappa shape index (κ3) is 14.6. The number of anilines is 1. The van der Waals surface area contributed by atoms with Gasteiger partial charge >= 0.3 is 23.5 Å². The summed E-state index contributed by atoms with van der Waals surface area (Å²) in [5.74, 6) is -3.70. The Labute approximate surface area is 394 Å². The molecule has 2 unspecified atom stereocenters. The molecule has 2 aromatic heterocycles. The number of benzene rings is 2. The second-order valence-corrected chi connectivity index (χ2v) is 21.3. The van der Waals surface area contributed by atoms with Gasteiger partial charge in [0.15, 0.2) is 28.6 Å². The van der Waals surface area contributed by atoms with Crippen LogP contribution in [0.4, 0.5) is 5.82 Å². The van der Waals surface area contributed by atoms with Crippen molar-refractivity contribution < 1.29 is 100 Å². The number of aromatic nitrogens is 4. The molecule has 5 rings (SSSR count). The number of phosphoric acid groups is 3.